The SMILES string of the molecule is CCc1nn(C)c(NC(=O)c2ccc3nc(C)c(C)nc3c2)c1C. The lowest BCUT2D eigenvalue weighted by Crippen LogP contribution is -2.15. The van der Waals surface area contributed by atoms with E-state index in [1.54, 1.807) is 16.8 Å². The molecule has 6 nitrogen and oxygen atoms in total. The molecule has 0 fully saturated rings. The molecule has 2 heterocycles. The number of anilines is 1. The number of nitrogens with zero attached hydrogens (tertiary/aromatic N) is 4. The van der Waals surface area contributed by atoms with Crippen LogP contribution in [0.5, 0.6) is 0 Å². The van der Waals surface area contributed by atoms with Crippen molar-refractivity contribution in [2.75, 3.05) is 5.32 Å². The largest absolute Gasteiger partial charge is 0.307 e. The molecule has 1 amide bonds. The zero-order valence-electron chi connectivity index (χ0n) is 14.6. The lowest BCUT2D eigenvalue weighted by Gasteiger charge is -2.08. The van der Waals surface area contributed by atoms with Crippen molar-refractivity contribution in [2.24, 2.45) is 7.05 Å². The number of rotatable bonds is 3. The van der Waals surface area contributed by atoms with E-state index in [4.69, 9.17) is 0 Å². The van der Waals surface area contributed by atoms with Crippen molar-refractivity contribution in [3.8, 4) is 0 Å². The lowest BCUT2D eigenvalue weighted by molar-refractivity contribution is 0.102. The van der Waals surface area contributed by atoms with E-state index in [2.05, 4.69) is 20.4 Å². The van der Waals surface area contributed by atoms with E-state index >= 15 is 0 Å². The monoisotopic (exact) mass is 323 g/mol. The number of nitrogens with one attached hydrogen (secondary N) is 1. The highest BCUT2D eigenvalue weighted by Gasteiger charge is 2.15. The van der Waals surface area contributed by atoms with Crippen LogP contribution in [0.25, 0.3) is 11.0 Å². The minimum atomic E-state index is -0.175. The van der Waals surface area contributed by atoms with Gasteiger partial charge in [-0.15, -0.1) is 0 Å². The van der Waals surface area contributed by atoms with Gasteiger partial charge in [-0.1, -0.05) is 6.92 Å². The molecule has 0 unspecified atom stereocenters. The number of hydrogen-bond donors (Lipinski definition) is 1. The lowest BCUT2D eigenvalue weighted by atomic mass is 10.1. The van der Waals surface area contributed by atoms with Crippen LogP contribution in [0.15, 0.2) is 18.2 Å². The van der Waals surface area contributed by atoms with E-state index in [1.807, 2.05) is 40.8 Å². The van der Waals surface area contributed by atoms with Gasteiger partial charge in [0.1, 0.15) is 5.82 Å². The third-order valence-electron chi connectivity index (χ3n) is 4.29. The van der Waals surface area contributed by atoms with Gasteiger partial charge >= 0.3 is 0 Å². The predicted octanol–water partition coefficient (Wildman–Crippen LogP) is 3.10. The number of benzene rings is 1. The molecule has 0 aliphatic carbocycles. The molecule has 6 heteroatoms. The highest BCUT2D eigenvalue weighted by atomic mass is 16.1. The Morgan fingerprint density at radius 1 is 1.12 bits per heavy atom. The number of fused-ring (bicyclic) bond motifs is 1. The van der Waals surface area contributed by atoms with Crippen molar-refractivity contribution < 1.29 is 4.79 Å². The van der Waals surface area contributed by atoms with Crippen molar-refractivity contribution in [1.82, 2.24) is 19.7 Å². The first-order valence-electron chi connectivity index (χ1n) is 7.99. The normalized spacial score (nSPS) is 11.0. The van der Waals surface area contributed by atoms with Gasteiger partial charge in [0, 0.05) is 18.2 Å². The molecular weight excluding hydrogens is 302 g/mol. The summed E-state index contributed by atoms with van der Waals surface area (Å²) in [4.78, 5) is 21.6. The predicted molar refractivity (Wildman–Crippen MR) is 94.3 cm³/mol. The van der Waals surface area contributed by atoms with Crippen LogP contribution >= 0.6 is 0 Å². The molecule has 1 N–H and O–H groups in total. The zero-order chi connectivity index (χ0) is 17.4. The summed E-state index contributed by atoms with van der Waals surface area (Å²) in [5.74, 6) is 0.550. The molecule has 0 bridgehead atoms. The van der Waals surface area contributed by atoms with E-state index in [9.17, 15) is 4.79 Å². The molecule has 1 aromatic carbocycles. The third-order valence-corrected chi connectivity index (χ3v) is 4.29. The Kier molecular flexibility index (Phi) is 4.05. The standard InChI is InChI=1S/C18H21N5O/c1-6-14-10(2)17(23(5)22-14)21-18(24)13-7-8-15-16(9-13)20-12(4)11(3)19-15/h7-9H,6H2,1-5H3,(H,21,24). The fourth-order valence-corrected chi connectivity index (χ4v) is 2.75. The molecule has 3 rings (SSSR count). The highest BCUT2D eigenvalue weighted by molar-refractivity contribution is 6.05. The van der Waals surface area contributed by atoms with Gasteiger partial charge in [-0.25, -0.2) is 9.97 Å². The van der Waals surface area contributed by atoms with E-state index in [0.717, 1.165) is 45.9 Å². The van der Waals surface area contributed by atoms with Gasteiger partial charge in [-0.05, 0) is 45.4 Å². The van der Waals surface area contributed by atoms with Crippen molar-refractivity contribution in [3.05, 3.63) is 46.4 Å². The van der Waals surface area contributed by atoms with Crippen molar-refractivity contribution in [3.63, 3.8) is 0 Å². The first-order chi connectivity index (χ1) is 11.4. The molecule has 3 aromatic rings. The molecule has 24 heavy (non-hydrogen) atoms. The maximum absolute atomic E-state index is 12.6. The fraction of sp³-hybridized carbons (Fsp3) is 0.333. The number of aromatic nitrogens is 4. The van der Waals surface area contributed by atoms with Crippen LogP contribution < -0.4 is 5.32 Å². The van der Waals surface area contributed by atoms with Crippen molar-refractivity contribution in [2.45, 2.75) is 34.1 Å². The van der Waals surface area contributed by atoms with Gasteiger partial charge in [0.15, 0.2) is 0 Å². The molecule has 0 aliphatic rings. The summed E-state index contributed by atoms with van der Waals surface area (Å²) in [7, 11) is 1.83. The Labute approximate surface area is 140 Å². The van der Waals surface area contributed by atoms with Gasteiger partial charge in [0.2, 0.25) is 0 Å². The second-order valence-electron chi connectivity index (χ2n) is 5.95. The maximum atomic E-state index is 12.6. The van der Waals surface area contributed by atoms with Crippen LogP contribution in [0.1, 0.15) is 39.9 Å². The zero-order valence-corrected chi connectivity index (χ0v) is 14.6. The Morgan fingerprint density at radius 3 is 2.42 bits per heavy atom. The van der Waals surface area contributed by atoms with Gasteiger partial charge in [-0.2, -0.15) is 5.10 Å². The molecule has 0 atom stereocenters. The van der Waals surface area contributed by atoms with Gasteiger partial charge in [-0.3, -0.25) is 9.48 Å². The number of carbonyl (C=O) groups excluding carboxylic acids is 1. The molecule has 2 aromatic heterocycles. The summed E-state index contributed by atoms with van der Waals surface area (Å²) in [5, 5.41) is 7.38. The molecule has 0 radical (unpaired) electrons. The van der Waals surface area contributed by atoms with Crippen LogP contribution in [-0.2, 0) is 13.5 Å². The van der Waals surface area contributed by atoms with Crippen LogP contribution in [0.2, 0.25) is 0 Å². The second kappa shape index (κ2) is 6.03. The van der Waals surface area contributed by atoms with E-state index < -0.39 is 0 Å². The summed E-state index contributed by atoms with van der Waals surface area (Å²) in [6.07, 6.45) is 0.833. The molecule has 0 saturated carbocycles. The van der Waals surface area contributed by atoms with E-state index in [-0.39, 0.29) is 5.91 Å². The topological polar surface area (TPSA) is 72.7 Å². The van der Waals surface area contributed by atoms with Gasteiger partial charge in [0.25, 0.3) is 5.91 Å². The van der Waals surface area contributed by atoms with E-state index in [1.165, 1.54) is 0 Å². The summed E-state index contributed by atoms with van der Waals surface area (Å²) in [6, 6.07) is 5.38. The van der Waals surface area contributed by atoms with Crippen LogP contribution in [0.3, 0.4) is 0 Å². The number of amides is 1. The van der Waals surface area contributed by atoms with E-state index in [0.29, 0.717) is 5.56 Å². The Hall–Kier alpha value is -2.76. The van der Waals surface area contributed by atoms with Crippen LogP contribution in [0.4, 0.5) is 5.82 Å². The molecule has 0 aliphatic heterocycles. The number of aryl methyl sites for hydroxylation is 4. The quantitative estimate of drug-likeness (QED) is 0.804. The number of carbonyl (C=O) groups is 1. The van der Waals surface area contributed by atoms with Crippen LogP contribution in [0, 0.1) is 20.8 Å². The first kappa shape index (κ1) is 16.1. The van der Waals surface area contributed by atoms with Crippen molar-refractivity contribution >= 4 is 22.8 Å². The maximum Gasteiger partial charge on any atom is 0.256 e. The highest BCUT2D eigenvalue weighted by Crippen LogP contribution is 2.20. The minimum Gasteiger partial charge on any atom is -0.307 e. The average molecular weight is 323 g/mol. The smallest absolute Gasteiger partial charge is 0.256 e. The van der Waals surface area contributed by atoms with Gasteiger partial charge < -0.3 is 5.32 Å². The van der Waals surface area contributed by atoms with Gasteiger partial charge in [0.05, 0.1) is 28.1 Å². The Balaban J connectivity index is 1.94. The Morgan fingerprint density at radius 2 is 1.79 bits per heavy atom. The first-order valence-corrected chi connectivity index (χ1v) is 7.99. The summed E-state index contributed by atoms with van der Waals surface area (Å²) in [5.41, 5.74) is 5.83. The Bertz CT molecular complexity index is 942. The minimum absolute atomic E-state index is 0.175. The van der Waals surface area contributed by atoms with Crippen molar-refractivity contribution in [1.29, 1.82) is 0 Å². The summed E-state index contributed by atoms with van der Waals surface area (Å²) < 4.78 is 1.71. The summed E-state index contributed by atoms with van der Waals surface area (Å²) >= 11 is 0. The summed E-state index contributed by atoms with van der Waals surface area (Å²) in [6.45, 7) is 7.87. The number of hydrogen-bond acceptors (Lipinski definition) is 4. The van der Waals surface area contributed by atoms with Crippen LogP contribution in [-0.4, -0.2) is 25.7 Å². The fourth-order valence-electron chi connectivity index (χ4n) is 2.75. The second-order valence-corrected chi connectivity index (χ2v) is 5.95. The molecule has 124 valence electrons. The molecule has 0 spiro atoms. The molecule has 0 saturated heterocycles. The third kappa shape index (κ3) is 2.75. The average Bonchev–Trinajstić information content (AvgIpc) is 2.83. The molecular formula is C18H21N5O.